The third-order valence-electron chi connectivity index (χ3n) is 0.844. The molecule has 0 aromatic rings. The van der Waals surface area contributed by atoms with Crippen LogP contribution in [0, 0.1) is 0 Å². The van der Waals surface area contributed by atoms with E-state index in [4.69, 9.17) is 5.11 Å². The molecule has 0 aliphatic rings. The van der Waals surface area contributed by atoms with E-state index in [2.05, 4.69) is 0 Å². The van der Waals surface area contributed by atoms with Gasteiger partial charge in [-0.25, -0.2) is 0 Å². The zero-order valence-corrected chi connectivity index (χ0v) is 4.90. The van der Waals surface area contributed by atoms with Crippen molar-refractivity contribution in [1.29, 1.82) is 0 Å². The summed E-state index contributed by atoms with van der Waals surface area (Å²) in [4.78, 5) is 9.88. The Kier molecular flexibility index (Phi) is 3.14. The van der Waals surface area contributed by atoms with Crippen LogP contribution in [0.1, 0.15) is 6.42 Å². The summed E-state index contributed by atoms with van der Waals surface area (Å²) >= 11 is 0. The number of carbonyl (C=O) groups is 1. The van der Waals surface area contributed by atoms with Crippen molar-refractivity contribution in [2.45, 2.75) is 12.3 Å². The molecule has 0 atom stereocenters. The lowest BCUT2D eigenvalue weighted by atomic mass is 10.2. The molecule has 0 bridgehead atoms. The number of hydrogen-bond donors (Lipinski definition) is 2. The minimum Gasteiger partial charge on any atom is -0.396 e. The number of aliphatic hydroxyl groups is 1. The third kappa shape index (κ3) is 2.22. The average molecular weight is 157 g/mol. The van der Waals surface area contributed by atoms with Crippen LogP contribution in [-0.2, 0) is 4.79 Å². The van der Waals surface area contributed by atoms with E-state index in [1.165, 1.54) is 0 Å². The SMILES string of the molecule is O=C(NF)C(F)(F)CCO. The van der Waals surface area contributed by atoms with Gasteiger partial charge in [-0.1, -0.05) is 0 Å². The van der Waals surface area contributed by atoms with Crippen molar-refractivity contribution in [3.8, 4) is 0 Å². The predicted molar refractivity (Wildman–Crippen MR) is 25.9 cm³/mol. The van der Waals surface area contributed by atoms with Crippen LogP contribution in [0.5, 0.6) is 0 Å². The maximum Gasteiger partial charge on any atom is 0.329 e. The normalized spacial score (nSPS) is 11.2. The number of alkyl halides is 2. The Balaban J connectivity index is 3.96. The highest BCUT2D eigenvalue weighted by atomic mass is 19.3. The molecule has 10 heavy (non-hydrogen) atoms. The first kappa shape index (κ1) is 9.22. The molecule has 0 aliphatic heterocycles. The zero-order chi connectivity index (χ0) is 8.20. The summed E-state index contributed by atoms with van der Waals surface area (Å²) in [6.07, 6.45) is -1.07. The van der Waals surface area contributed by atoms with Crippen molar-refractivity contribution in [2.75, 3.05) is 6.61 Å². The molecule has 0 aliphatic carbocycles. The third-order valence-corrected chi connectivity index (χ3v) is 0.844. The second kappa shape index (κ2) is 3.40. The first-order valence-corrected chi connectivity index (χ1v) is 2.44. The number of hydrogen-bond acceptors (Lipinski definition) is 2. The van der Waals surface area contributed by atoms with E-state index in [-0.39, 0.29) is 0 Å². The molecule has 0 radical (unpaired) electrons. The van der Waals surface area contributed by atoms with Gasteiger partial charge < -0.3 is 5.11 Å². The van der Waals surface area contributed by atoms with Crippen molar-refractivity contribution in [2.24, 2.45) is 0 Å². The van der Waals surface area contributed by atoms with E-state index in [1.54, 1.807) is 0 Å². The molecule has 0 fully saturated rings. The summed E-state index contributed by atoms with van der Waals surface area (Å²) in [6, 6.07) is 0. The van der Waals surface area contributed by atoms with E-state index in [0.717, 1.165) is 0 Å². The Morgan fingerprint density at radius 1 is 1.60 bits per heavy atom. The predicted octanol–water partition coefficient (Wildman–Crippen LogP) is 0.00480. The van der Waals surface area contributed by atoms with E-state index < -0.39 is 24.9 Å². The lowest BCUT2D eigenvalue weighted by Gasteiger charge is -2.09. The van der Waals surface area contributed by atoms with Gasteiger partial charge in [0.05, 0.1) is 0 Å². The van der Waals surface area contributed by atoms with Crippen LogP contribution in [0.25, 0.3) is 0 Å². The summed E-state index contributed by atoms with van der Waals surface area (Å²) in [5.74, 6) is -5.84. The standard InChI is InChI=1S/C4H6F3NO2/c5-4(6,1-2-9)3(10)8-7/h9H,1-2H2,(H,8,10). The van der Waals surface area contributed by atoms with E-state index in [1.807, 2.05) is 0 Å². The van der Waals surface area contributed by atoms with Crippen LogP contribution in [0.15, 0.2) is 0 Å². The number of amides is 1. The first-order valence-electron chi connectivity index (χ1n) is 2.44. The van der Waals surface area contributed by atoms with Crippen molar-refractivity contribution in [3.63, 3.8) is 0 Å². The largest absolute Gasteiger partial charge is 0.396 e. The Morgan fingerprint density at radius 3 is 2.40 bits per heavy atom. The molecule has 0 saturated carbocycles. The molecule has 3 nitrogen and oxygen atoms in total. The summed E-state index contributed by atoms with van der Waals surface area (Å²) in [5.41, 5.74) is 0.290. The average Bonchev–Trinajstić information content (AvgIpc) is 1.86. The molecule has 0 unspecified atom stereocenters. The van der Waals surface area contributed by atoms with Crippen molar-refractivity contribution in [1.82, 2.24) is 5.54 Å². The fourth-order valence-corrected chi connectivity index (χ4v) is 0.323. The summed E-state index contributed by atoms with van der Waals surface area (Å²) in [5, 5.41) is 7.96. The molecule has 1 amide bonds. The molecule has 6 heteroatoms. The lowest BCUT2D eigenvalue weighted by molar-refractivity contribution is -0.152. The minimum absolute atomic E-state index is 0.290. The van der Waals surface area contributed by atoms with Gasteiger partial charge in [-0.2, -0.15) is 14.3 Å². The molecule has 0 rings (SSSR count). The molecule has 0 heterocycles. The highest BCUT2D eigenvalue weighted by Crippen LogP contribution is 2.17. The fraction of sp³-hybridized carbons (Fsp3) is 0.750. The highest BCUT2D eigenvalue weighted by molar-refractivity contribution is 5.82. The number of rotatable bonds is 3. The number of halogens is 3. The molecule has 0 saturated heterocycles. The molecular formula is C4H6F3NO2. The Morgan fingerprint density at radius 2 is 2.10 bits per heavy atom. The van der Waals surface area contributed by atoms with Crippen molar-refractivity contribution >= 4 is 5.91 Å². The van der Waals surface area contributed by atoms with Gasteiger partial charge in [0, 0.05) is 13.0 Å². The van der Waals surface area contributed by atoms with Gasteiger partial charge >= 0.3 is 11.8 Å². The monoisotopic (exact) mass is 157 g/mol. The van der Waals surface area contributed by atoms with E-state index in [9.17, 15) is 18.1 Å². The van der Waals surface area contributed by atoms with Gasteiger partial charge in [0.25, 0.3) is 0 Å². The first-order chi connectivity index (χ1) is 4.54. The van der Waals surface area contributed by atoms with Gasteiger partial charge in [-0.3, -0.25) is 4.79 Å². The molecule has 0 aromatic carbocycles. The second-order valence-corrected chi connectivity index (χ2v) is 1.60. The maximum absolute atomic E-state index is 12.0. The smallest absolute Gasteiger partial charge is 0.329 e. The zero-order valence-electron chi connectivity index (χ0n) is 4.90. The summed E-state index contributed by atoms with van der Waals surface area (Å²) < 4.78 is 35.1. The van der Waals surface area contributed by atoms with Crippen LogP contribution < -0.4 is 5.54 Å². The number of nitrogens with one attached hydrogen (secondary N) is 1. The fourth-order valence-electron chi connectivity index (χ4n) is 0.323. The lowest BCUT2D eigenvalue weighted by Crippen LogP contribution is -2.36. The van der Waals surface area contributed by atoms with E-state index in [0.29, 0.717) is 5.54 Å². The number of carbonyl (C=O) groups excluding carboxylic acids is 1. The number of aliphatic hydroxyl groups excluding tert-OH is 1. The molecule has 0 aromatic heterocycles. The summed E-state index contributed by atoms with van der Waals surface area (Å²) in [7, 11) is 0. The van der Waals surface area contributed by atoms with Crippen molar-refractivity contribution in [3.05, 3.63) is 0 Å². The van der Waals surface area contributed by atoms with E-state index >= 15 is 0 Å². The van der Waals surface area contributed by atoms with Gasteiger partial charge in [-0.05, 0) is 0 Å². The molecular weight excluding hydrogens is 151 g/mol. The minimum atomic E-state index is -3.82. The maximum atomic E-state index is 12.0. The quantitative estimate of drug-likeness (QED) is 0.566. The van der Waals surface area contributed by atoms with Crippen LogP contribution >= 0.6 is 0 Å². The van der Waals surface area contributed by atoms with Crippen LogP contribution in [0.4, 0.5) is 13.3 Å². The summed E-state index contributed by atoms with van der Waals surface area (Å²) in [6.45, 7) is -0.861. The van der Waals surface area contributed by atoms with Crippen LogP contribution in [-0.4, -0.2) is 23.5 Å². The molecule has 60 valence electrons. The van der Waals surface area contributed by atoms with Crippen LogP contribution in [0.3, 0.4) is 0 Å². The van der Waals surface area contributed by atoms with Gasteiger partial charge in [0.2, 0.25) is 0 Å². The second-order valence-electron chi connectivity index (χ2n) is 1.60. The molecule has 0 spiro atoms. The Labute approximate surface area is 54.8 Å². The Bertz CT molecular complexity index is 128. The topological polar surface area (TPSA) is 49.3 Å². The highest BCUT2D eigenvalue weighted by Gasteiger charge is 2.38. The van der Waals surface area contributed by atoms with Gasteiger partial charge in [-0.15, -0.1) is 4.48 Å². The van der Waals surface area contributed by atoms with Crippen molar-refractivity contribution < 1.29 is 23.2 Å². The van der Waals surface area contributed by atoms with Gasteiger partial charge in [0.1, 0.15) is 0 Å². The van der Waals surface area contributed by atoms with Gasteiger partial charge in [0.15, 0.2) is 0 Å². The molecule has 2 N–H and O–H groups in total. The Hall–Kier alpha value is -0.780. The van der Waals surface area contributed by atoms with Crippen LogP contribution in [0.2, 0.25) is 0 Å².